The molecule has 1 fully saturated rings. The quantitative estimate of drug-likeness (QED) is 0.461. The van der Waals surface area contributed by atoms with Gasteiger partial charge in [0.2, 0.25) is 0 Å². The van der Waals surface area contributed by atoms with Crippen molar-refractivity contribution in [3.8, 4) is 0 Å². The standard InChI is InChI=1S/C25H29N5O/c1-3-30(20-6-4-5-18(2)15-20)21-7-8-23(26)22(17-21)25(27)19-9-10-28-24(16-19)29-11-13-31-14-12-29/h4-10,15-17,27H,3,11-14,26H2,1-2H3. The fourth-order valence-corrected chi connectivity index (χ4v) is 3.93. The van der Waals surface area contributed by atoms with E-state index in [-0.39, 0.29) is 0 Å². The van der Waals surface area contributed by atoms with Crippen LogP contribution in [0.15, 0.2) is 60.8 Å². The van der Waals surface area contributed by atoms with Crippen LogP contribution in [0.4, 0.5) is 22.9 Å². The summed E-state index contributed by atoms with van der Waals surface area (Å²) in [5.41, 5.74) is 12.2. The molecule has 6 heteroatoms. The van der Waals surface area contributed by atoms with Crippen LogP contribution < -0.4 is 15.5 Å². The van der Waals surface area contributed by atoms with E-state index in [1.165, 1.54) is 5.56 Å². The molecule has 0 unspecified atom stereocenters. The highest BCUT2D eigenvalue weighted by atomic mass is 16.5. The first kappa shape index (κ1) is 20.9. The highest BCUT2D eigenvalue weighted by molar-refractivity contribution is 6.14. The maximum atomic E-state index is 8.89. The predicted molar refractivity (Wildman–Crippen MR) is 128 cm³/mol. The average molecular weight is 416 g/mol. The van der Waals surface area contributed by atoms with Crippen LogP contribution in [-0.4, -0.2) is 43.5 Å². The fraction of sp³-hybridized carbons (Fsp3) is 0.280. The summed E-state index contributed by atoms with van der Waals surface area (Å²) >= 11 is 0. The number of pyridine rings is 1. The average Bonchev–Trinajstić information content (AvgIpc) is 2.81. The zero-order chi connectivity index (χ0) is 21.8. The molecule has 2 aromatic carbocycles. The summed E-state index contributed by atoms with van der Waals surface area (Å²) in [5.74, 6) is 0.871. The number of anilines is 4. The van der Waals surface area contributed by atoms with Gasteiger partial charge in [-0.25, -0.2) is 4.98 Å². The van der Waals surface area contributed by atoms with Crippen LogP contribution >= 0.6 is 0 Å². The minimum atomic E-state index is 0.400. The fourth-order valence-electron chi connectivity index (χ4n) is 3.93. The molecule has 1 aromatic heterocycles. The highest BCUT2D eigenvalue weighted by Crippen LogP contribution is 2.30. The molecule has 0 radical (unpaired) electrons. The van der Waals surface area contributed by atoms with Gasteiger partial charge in [-0.1, -0.05) is 12.1 Å². The highest BCUT2D eigenvalue weighted by Gasteiger charge is 2.17. The first-order valence-corrected chi connectivity index (χ1v) is 10.7. The van der Waals surface area contributed by atoms with Gasteiger partial charge in [-0.05, 0) is 61.9 Å². The van der Waals surface area contributed by atoms with E-state index < -0.39 is 0 Å². The Bertz CT molecular complexity index is 1080. The molecule has 0 aliphatic carbocycles. The molecule has 0 atom stereocenters. The molecular weight excluding hydrogens is 386 g/mol. The third-order valence-electron chi connectivity index (χ3n) is 5.62. The Morgan fingerprint density at radius 2 is 1.87 bits per heavy atom. The van der Waals surface area contributed by atoms with E-state index in [1.54, 1.807) is 6.20 Å². The molecule has 4 rings (SSSR count). The van der Waals surface area contributed by atoms with Crippen LogP contribution in [0.5, 0.6) is 0 Å². The Kier molecular flexibility index (Phi) is 6.18. The molecule has 1 aliphatic rings. The number of ether oxygens (including phenoxy) is 1. The molecule has 160 valence electrons. The van der Waals surface area contributed by atoms with Gasteiger partial charge in [0.25, 0.3) is 0 Å². The summed E-state index contributed by atoms with van der Waals surface area (Å²) < 4.78 is 5.44. The van der Waals surface area contributed by atoms with Crippen molar-refractivity contribution in [2.75, 3.05) is 48.4 Å². The normalized spacial score (nSPS) is 13.8. The Labute approximate surface area is 183 Å². The zero-order valence-electron chi connectivity index (χ0n) is 18.1. The lowest BCUT2D eigenvalue weighted by Gasteiger charge is -2.28. The second kappa shape index (κ2) is 9.18. The van der Waals surface area contributed by atoms with Crippen LogP contribution in [0, 0.1) is 12.3 Å². The molecule has 6 nitrogen and oxygen atoms in total. The number of aromatic nitrogens is 1. The zero-order valence-corrected chi connectivity index (χ0v) is 18.1. The lowest BCUT2D eigenvalue weighted by Crippen LogP contribution is -2.36. The van der Waals surface area contributed by atoms with Crippen LogP contribution in [0.2, 0.25) is 0 Å². The molecular formula is C25H29N5O. The van der Waals surface area contributed by atoms with Gasteiger partial charge in [-0.3, -0.25) is 5.41 Å². The molecule has 2 heterocycles. The molecule has 3 N–H and O–H groups in total. The summed E-state index contributed by atoms with van der Waals surface area (Å²) in [6, 6.07) is 18.2. The first-order valence-electron chi connectivity index (χ1n) is 10.7. The van der Waals surface area contributed by atoms with Gasteiger partial charge in [0.05, 0.1) is 18.9 Å². The van der Waals surface area contributed by atoms with Gasteiger partial charge < -0.3 is 20.3 Å². The van der Waals surface area contributed by atoms with Crippen molar-refractivity contribution in [3.63, 3.8) is 0 Å². The molecule has 0 spiro atoms. The number of hydrogen-bond acceptors (Lipinski definition) is 6. The first-order chi connectivity index (χ1) is 15.1. The van der Waals surface area contributed by atoms with Crippen LogP contribution in [0.1, 0.15) is 23.6 Å². The Balaban J connectivity index is 1.66. The number of hydrogen-bond donors (Lipinski definition) is 2. The van der Waals surface area contributed by atoms with E-state index >= 15 is 0 Å². The van der Waals surface area contributed by atoms with E-state index in [0.29, 0.717) is 24.6 Å². The summed E-state index contributed by atoms with van der Waals surface area (Å²) in [5, 5.41) is 8.89. The minimum absolute atomic E-state index is 0.400. The minimum Gasteiger partial charge on any atom is -0.398 e. The molecule has 1 aliphatic heterocycles. The Morgan fingerprint density at radius 1 is 1.10 bits per heavy atom. The van der Waals surface area contributed by atoms with E-state index in [1.807, 2.05) is 30.3 Å². The Hall–Kier alpha value is -3.38. The molecule has 0 bridgehead atoms. The molecule has 0 saturated carbocycles. The van der Waals surface area contributed by atoms with Crippen molar-refractivity contribution < 1.29 is 4.74 Å². The van der Waals surface area contributed by atoms with E-state index in [0.717, 1.165) is 48.0 Å². The predicted octanol–water partition coefficient (Wildman–Crippen LogP) is 4.38. The summed E-state index contributed by atoms with van der Waals surface area (Å²) in [7, 11) is 0. The number of rotatable bonds is 6. The van der Waals surface area contributed by atoms with Crippen molar-refractivity contribution in [2.45, 2.75) is 13.8 Å². The number of nitrogens with zero attached hydrogens (tertiary/aromatic N) is 3. The summed E-state index contributed by atoms with van der Waals surface area (Å²) in [6.07, 6.45) is 1.76. The summed E-state index contributed by atoms with van der Waals surface area (Å²) in [4.78, 5) is 8.92. The van der Waals surface area contributed by atoms with Crippen molar-refractivity contribution in [1.82, 2.24) is 4.98 Å². The second-order valence-corrected chi connectivity index (χ2v) is 7.73. The Morgan fingerprint density at radius 3 is 2.61 bits per heavy atom. The largest absolute Gasteiger partial charge is 0.398 e. The van der Waals surface area contributed by atoms with Crippen LogP contribution in [0.25, 0.3) is 0 Å². The molecule has 3 aromatic rings. The van der Waals surface area contributed by atoms with Gasteiger partial charge in [-0.2, -0.15) is 0 Å². The van der Waals surface area contributed by atoms with Crippen molar-refractivity contribution >= 4 is 28.6 Å². The van der Waals surface area contributed by atoms with Gasteiger partial charge in [0.1, 0.15) is 5.82 Å². The van der Waals surface area contributed by atoms with Crippen LogP contribution in [-0.2, 0) is 4.74 Å². The van der Waals surface area contributed by atoms with Crippen molar-refractivity contribution in [2.24, 2.45) is 0 Å². The number of nitrogens with two attached hydrogens (primary N) is 1. The number of nitrogen functional groups attached to an aromatic ring is 1. The third-order valence-corrected chi connectivity index (χ3v) is 5.62. The van der Waals surface area contributed by atoms with Gasteiger partial charge in [-0.15, -0.1) is 0 Å². The lowest BCUT2D eigenvalue weighted by molar-refractivity contribution is 0.122. The van der Waals surface area contributed by atoms with Gasteiger partial charge >= 0.3 is 0 Å². The number of morpholine rings is 1. The van der Waals surface area contributed by atoms with E-state index in [9.17, 15) is 0 Å². The maximum Gasteiger partial charge on any atom is 0.129 e. The van der Waals surface area contributed by atoms with Crippen molar-refractivity contribution in [3.05, 3.63) is 77.5 Å². The summed E-state index contributed by atoms with van der Waals surface area (Å²) in [6.45, 7) is 8.05. The SMILES string of the molecule is CCN(c1cccc(C)c1)c1ccc(N)c(C(=N)c2ccnc(N3CCOCC3)c2)c1. The third kappa shape index (κ3) is 4.54. The second-order valence-electron chi connectivity index (χ2n) is 7.73. The van der Waals surface area contributed by atoms with Crippen LogP contribution in [0.3, 0.4) is 0 Å². The smallest absolute Gasteiger partial charge is 0.129 e. The lowest BCUT2D eigenvalue weighted by atomic mass is 10.00. The molecule has 0 amide bonds. The van der Waals surface area contributed by atoms with Gasteiger partial charge in [0.15, 0.2) is 0 Å². The molecule has 31 heavy (non-hydrogen) atoms. The van der Waals surface area contributed by atoms with E-state index in [4.69, 9.17) is 15.9 Å². The maximum absolute atomic E-state index is 8.89. The van der Waals surface area contributed by atoms with Crippen molar-refractivity contribution in [1.29, 1.82) is 5.41 Å². The number of aryl methyl sites for hydroxylation is 1. The van der Waals surface area contributed by atoms with E-state index in [2.05, 4.69) is 52.9 Å². The topological polar surface area (TPSA) is 78.5 Å². The molecule has 1 saturated heterocycles. The van der Waals surface area contributed by atoms with Gasteiger partial charge in [0, 0.05) is 54.0 Å². The monoisotopic (exact) mass is 415 g/mol. The number of nitrogens with one attached hydrogen (secondary N) is 1. The number of benzene rings is 2.